The van der Waals surface area contributed by atoms with Crippen molar-refractivity contribution in [2.24, 2.45) is 0 Å². The van der Waals surface area contributed by atoms with Crippen molar-refractivity contribution in [1.29, 1.82) is 0 Å². The Bertz CT molecular complexity index is 1010. The Hall–Kier alpha value is -1.51. The molecule has 1 unspecified atom stereocenters. The van der Waals surface area contributed by atoms with E-state index >= 15 is 0 Å². The van der Waals surface area contributed by atoms with E-state index in [9.17, 15) is 19.0 Å². The average molecular weight is 815 g/mol. The first-order valence-corrected chi connectivity index (χ1v) is 24.6. The van der Waals surface area contributed by atoms with Gasteiger partial charge in [-0.3, -0.25) is 18.6 Å². The van der Waals surface area contributed by atoms with Crippen molar-refractivity contribution in [3.8, 4) is 0 Å². The molecule has 0 heterocycles. The number of allylic oxidation sites excluding steroid dienone is 4. The van der Waals surface area contributed by atoms with Crippen LogP contribution < -0.4 is 0 Å². The van der Waals surface area contributed by atoms with Gasteiger partial charge < -0.3 is 18.9 Å². The number of carbonyl (C=O) groups excluding carboxylic acids is 2. The van der Waals surface area contributed by atoms with E-state index in [4.69, 9.17) is 18.5 Å². The smallest absolute Gasteiger partial charge is 0.462 e. The van der Waals surface area contributed by atoms with E-state index in [-0.39, 0.29) is 32.0 Å². The van der Waals surface area contributed by atoms with E-state index in [1.165, 1.54) is 128 Å². The summed E-state index contributed by atoms with van der Waals surface area (Å²) in [7, 11) is 1.48. The Labute approximate surface area is 345 Å². The summed E-state index contributed by atoms with van der Waals surface area (Å²) >= 11 is 0. The number of ether oxygens (including phenoxy) is 2. The second kappa shape index (κ2) is 39.0. The highest BCUT2D eigenvalue weighted by atomic mass is 31.2. The number of phosphoric ester groups is 1. The highest BCUT2D eigenvalue weighted by molar-refractivity contribution is 7.47. The van der Waals surface area contributed by atoms with Gasteiger partial charge in [0.15, 0.2) is 6.10 Å². The summed E-state index contributed by atoms with van der Waals surface area (Å²) in [5, 5.41) is 0. The zero-order chi connectivity index (χ0) is 41.4. The van der Waals surface area contributed by atoms with E-state index in [1.54, 1.807) is 0 Å². The predicted octanol–water partition coefficient (Wildman–Crippen LogP) is 13.1. The number of phosphoric acid groups is 1. The van der Waals surface area contributed by atoms with E-state index in [0.717, 1.165) is 44.9 Å². The topological polar surface area (TPSA) is 108 Å². The molecule has 2 atom stereocenters. The van der Waals surface area contributed by atoms with Crippen LogP contribution in [0.4, 0.5) is 0 Å². The van der Waals surface area contributed by atoms with Gasteiger partial charge in [-0.2, -0.15) is 0 Å². The normalized spacial score (nSPS) is 13.8. The molecule has 0 aliphatic heterocycles. The Morgan fingerprint density at radius 1 is 0.536 bits per heavy atom. The van der Waals surface area contributed by atoms with Crippen molar-refractivity contribution in [2.45, 2.75) is 213 Å². The zero-order valence-electron chi connectivity index (χ0n) is 37.1. The molecule has 0 fully saturated rings. The quantitative estimate of drug-likeness (QED) is 0.0213. The number of hydrogen-bond donors (Lipinski definition) is 1. The van der Waals surface area contributed by atoms with Gasteiger partial charge in [0.25, 0.3) is 0 Å². The second-order valence-corrected chi connectivity index (χ2v) is 18.2. The zero-order valence-corrected chi connectivity index (χ0v) is 38.0. The number of carbonyl (C=O) groups is 2. The van der Waals surface area contributed by atoms with Gasteiger partial charge in [0, 0.05) is 12.8 Å². The Morgan fingerprint density at radius 2 is 0.929 bits per heavy atom. The van der Waals surface area contributed by atoms with Gasteiger partial charge in [-0.05, 0) is 57.8 Å². The third kappa shape index (κ3) is 42.1. The van der Waals surface area contributed by atoms with Crippen molar-refractivity contribution in [2.75, 3.05) is 47.5 Å². The third-order valence-electron chi connectivity index (χ3n) is 9.95. The maximum Gasteiger partial charge on any atom is 0.472 e. The standard InChI is InChI=1S/C46H88NO8P/c1-6-8-10-12-14-16-18-20-22-23-25-27-29-31-33-35-37-39-46(49)55-44(43-54-56(50,51)53-41-40-47(3,4)5)42-52-45(48)38-36-34-32-30-28-26-24-21-19-17-15-13-11-9-7-2/h13,15,20,22,44H,6-12,14,16-19,21,23-43H2,1-5H3/p+1/b15-13+,22-20+/t44-/m1/s1. The van der Waals surface area contributed by atoms with Gasteiger partial charge in [0.05, 0.1) is 27.7 Å². The third-order valence-corrected chi connectivity index (χ3v) is 10.9. The molecule has 0 rings (SSSR count). The summed E-state index contributed by atoms with van der Waals surface area (Å²) in [6, 6.07) is 0. The number of likely N-dealkylation sites (N-methyl/N-ethyl adjacent to an activating group) is 1. The molecule has 0 saturated carbocycles. The van der Waals surface area contributed by atoms with Crippen LogP contribution >= 0.6 is 7.82 Å². The van der Waals surface area contributed by atoms with E-state index in [1.807, 2.05) is 21.1 Å². The summed E-state index contributed by atoms with van der Waals surface area (Å²) < 4.78 is 34.3. The van der Waals surface area contributed by atoms with Crippen molar-refractivity contribution >= 4 is 19.8 Å². The summed E-state index contributed by atoms with van der Waals surface area (Å²) in [6.45, 7) is 4.40. The van der Waals surface area contributed by atoms with Crippen LogP contribution in [0, 0.1) is 0 Å². The molecule has 0 aromatic heterocycles. The number of hydrogen-bond acceptors (Lipinski definition) is 7. The first kappa shape index (κ1) is 54.5. The lowest BCUT2D eigenvalue weighted by atomic mass is 10.1. The van der Waals surface area contributed by atoms with E-state index in [2.05, 4.69) is 38.2 Å². The highest BCUT2D eigenvalue weighted by Gasteiger charge is 2.27. The molecular weight excluding hydrogens is 725 g/mol. The van der Waals surface area contributed by atoms with Crippen LogP contribution in [-0.4, -0.2) is 74.9 Å². The number of unbranched alkanes of at least 4 members (excludes halogenated alkanes) is 24. The first-order chi connectivity index (χ1) is 27.0. The minimum absolute atomic E-state index is 0.0319. The second-order valence-electron chi connectivity index (χ2n) is 16.8. The Balaban J connectivity index is 4.32. The summed E-state index contributed by atoms with van der Waals surface area (Å²) in [4.78, 5) is 35.4. The number of quaternary nitrogens is 1. The fourth-order valence-electron chi connectivity index (χ4n) is 6.28. The molecule has 0 radical (unpaired) electrons. The monoisotopic (exact) mass is 815 g/mol. The number of rotatable bonds is 42. The molecule has 0 amide bonds. The molecule has 10 heteroatoms. The van der Waals surface area contributed by atoms with Gasteiger partial charge in [-0.25, -0.2) is 4.57 Å². The molecule has 330 valence electrons. The fraction of sp³-hybridized carbons (Fsp3) is 0.870. The van der Waals surface area contributed by atoms with Crippen LogP contribution in [0.3, 0.4) is 0 Å². The highest BCUT2D eigenvalue weighted by Crippen LogP contribution is 2.43. The van der Waals surface area contributed by atoms with E-state index < -0.39 is 26.5 Å². The average Bonchev–Trinajstić information content (AvgIpc) is 3.15. The lowest BCUT2D eigenvalue weighted by Gasteiger charge is -2.24. The molecule has 0 saturated heterocycles. The molecule has 0 bridgehead atoms. The summed E-state index contributed by atoms with van der Waals surface area (Å²) in [5.74, 6) is -0.800. The minimum Gasteiger partial charge on any atom is -0.462 e. The van der Waals surface area contributed by atoms with Crippen LogP contribution in [0.15, 0.2) is 24.3 Å². The molecular formula is C46H89NO8P+. The molecule has 0 aliphatic rings. The van der Waals surface area contributed by atoms with Crippen molar-refractivity contribution in [3.63, 3.8) is 0 Å². The van der Waals surface area contributed by atoms with Crippen molar-refractivity contribution in [1.82, 2.24) is 0 Å². The molecule has 0 spiro atoms. The lowest BCUT2D eigenvalue weighted by Crippen LogP contribution is -2.37. The molecule has 56 heavy (non-hydrogen) atoms. The van der Waals surface area contributed by atoms with Gasteiger partial charge >= 0.3 is 19.8 Å². The predicted molar refractivity (Wildman–Crippen MR) is 234 cm³/mol. The fourth-order valence-corrected chi connectivity index (χ4v) is 7.03. The summed E-state index contributed by atoms with van der Waals surface area (Å²) in [6.07, 6.45) is 42.2. The maximum atomic E-state index is 12.7. The van der Waals surface area contributed by atoms with Crippen LogP contribution in [-0.2, 0) is 32.7 Å². The van der Waals surface area contributed by atoms with Crippen LogP contribution in [0.25, 0.3) is 0 Å². The Morgan fingerprint density at radius 3 is 1.38 bits per heavy atom. The van der Waals surface area contributed by atoms with Crippen molar-refractivity contribution in [3.05, 3.63) is 24.3 Å². The number of nitrogens with zero attached hydrogens (tertiary/aromatic N) is 1. The van der Waals surface area contributed by atoms with E-state index in [0.29, 0.717) is 17.4 Å². The van der Waals surface area contributed by atoms with Gasteiger partial charge in [-0.1, -0.05) is 160 Å². The van der Waals surface area contributed by atoms with Gasteiger partial charge in [0.1, 0.15) is 19.8 Å². The largest absolute Gasteiger partial charge is 0.472 e. The molecule has 0 aliphatic carbocycles. The minimum atomic E-state index is -4.37. The van der Waals surface area contributed by atoms with Gasteiger partial charge in [0.2, 0.25) is 0 Å². The van der Waals surface area contributed by atoms with Gasteiger partial charge in [-0.15, -0.1) is 0 Å². The molecule has 0 aromatic carbocycles. The number of esters is 2. The first-order valence-electron chi connectivity index (χ1n) is 23.1. The van der Waals surface area contributed by atoms with Crippen LogP contribution in [0.1, 0.15) is 206 Å². The molecule has 1 N–H and O–H groups in total. The SMILES string of the molecule is CCCC/C=C/CCCCCCCCCCCC(=O)OC[C@H](COP(=O)(O)OCC[N+](C)(C)C)OC(=O)CCCCCCCCC/C=C/CCCCCCCC. The molecule has 9 nitrogen and oxygen atoms in total. The lowest BCUT2D eigenvalue weighted by molar-refractivity contribution is -0.870. The van der Waals surface area contributed by atoms with Crippen molar-refractivity contribution < 1.29 is 42.1 Å². The van der Waals surface area contributed by atoms with Crippen LogP contribution in [0.5, 0.6) is 0 Å². The maximum absolute atomic E-state index is 12.7. The molecule has 0 aromatic rings. The van der Waals surface area contributed by atoms with Crippen LogP contribution in [0.2, 0.25) is 0 Å². The Kier molecular flexibility index (Phi) is 37.9. The summed E-state index contributed by atoms with van der Waals surface area (Å²) in [5.41, 5.74) is 0.